The van der Waals surface area contributed by atoms with Crippen molar-refractivity contribution in [1.82, 2.24) is 14.8 Å². The predicted octanol–water partition coefficient (Wildman–Crippen LogP) is 2.08. The fourth-order valence-electron chi connectivity index (χ4n) is 5.17. The third kappa shape index (κ3) is 3.10. The first-order chi connectivity index (χ1) is 13.2. The van der Waals surface area contributed by atoms with Crippen molar-refractivity contribution in [2.24, 2.45) is 5.92 Å². The van der Waals surface area contributed by atoms with Crippen molar-refractivity contribution in [2.75, 3.05) is 19.6 Å². The lowest BCUT2D eigenvalue weighted by Crippen LogP contribution is -2.48. The van der Waals surface area contributed by atoms with Gasteiger partial charge in [0.25, 0.3) is 5.91 Å². The summed E-state index contributed by atoms with van der Waals surface area (Å²) in [4.78, 5) is 31.7. The molecule has 140 valence electrons. The summed E-state index contributed by atoms with van der Waals surface area (Å²) in [5.74, 6) is 0.594. The number of benzene rings is 1. The van der Waals surface area contributed by atoms with Crippen LogP contribution in [0, 0.1) is 5.92 Å². The molecule has 1 N–H and O–H groups in total. The Labute approximate surface area is 159 Å². The van der Waals surface area contributed by atoms with Crippen LogP contribution in [0.4, 0.5) is 0 Å². The number of fused-ring (bicyclic) bond motifs is 5. The lowest BCUT2D eigenvalue weighted by molar-refractivity contribution is 0.0581. The standard InChI is InChI=1S/C22H25N3O2/c26-21-8-6-18(11-23-21)22(27)25-13-15-5-7-19(25)14-24(12-15)20-9-16-3-1-2-4-17(16)10-20/h1-4,6,8,11,15,19-20H,5,7,9-10,12-14H2,(H,23,26)/t15-,19+/m0/s1. The van der Waals surface area contributed by atoms with E-state index in [0.29, 0.717) is 17.5 Å². The van der Waals surface area contributed by atoms with Crippen LogP contribution in [0.1, 0.15) is 34.3 Å². The molecule has 27 heavy (non-hydrogen) atoms. The minimum absolute atomic E-state index is 0.0532. The van der Waals surface area contributed by atoms with Crippen LogP contribution < -0.4 is 5.56 Å². The van der Waals surface area contributed by atoms with Gasteiger partial charge in [0, 0.05) is 44.0 Å². The van der Waals surface area contributed by atoms with E-state index in [0.717, 1.165) is 38.9 Å². The van der Waals surface area contributed by atoms with E-state index < -0.39 is 0 Å². The van der Waals surface area contributed by atoms with Crippen molar-refractivity contribution in [3.05, 3.63) is 69.6 Å². The number of carbonyl (C=O) groups is 1. The Hall–Kier alpha value is -2.40. The van der Waals surface area contributed by atoms with E-state index in [1.807, 2.05) is 0 Å². The number of amides is 1. The maximum atomic E-state index is 13.0. The maximum absolute atomic E-state index is 13.0. The first-order valence-electron chi connectivity index (χ1n) is 9.98. The van der Waals surface area contributed by atoms with Gasteiger partial charge in [-0.25, -0.2) is 0 Å². The van der Waals surface area contributed by atoms with Gasteiger partial charge in [0.15, 0.2) is 0 Å². The monoisotopic (exact) mass is 363 g/mol. The van der Waals surface area contributed by atoms with Crippen molar-refractivity contribution >= 4 is 5.91 Å². The number of rotatable bonds is 2. The van der Waals surface area contributed by atoms with Gasteiger partial charge in [-0.15, -0.1) is 0 Å². The zero-order chi connectivity index (χ0) is 18.4. The van der Waals surface area contributed by atoms with E-state index in [2.05, 4.69) is 39.0 Å². The third-order valence-corrected chi connectivity index (χ3v) is 6.58. The molecule has 0 unspecified atom stereocenters. The van der Waals surface area contributed by atoms with Crippen LogP contribution >= 0.6 is 0 Å². The topological polar surface area (TPSA) is 56.4 Å². The lowest BCUT2D eigenvalue weighted by Gasteiger charge is -2.36. The zero-order valence-electron chi connectivity index (χ0n) is 15.4. The second-order valence-corrected chi connectivity index (χ2v) is 8.28. The van der Waals surface area contributed by atoms with E-state index in [1.165, 1.54) is 23.6 Å². The molecular weight excluding hydrogens is 338 g/mol. The number of nitrogens with one attached hydrogen (secondary N) is 1. The highest BCUT2D eigenvalue weighted by Gasteiger charge is 2.40. The molecule has 3 saturated heterocycles. The Bertz CT molecular complexity index is 876. The summed E-state index contributed by atoms with van der Waals surface area (Å²) < 4.78 is 0. The summed E-state index contributed by atoms with van der Waals surface area (Å²) in [6.07, 6.45) is 6.09. The van der Waals surface area contributed by atoms with Crippen LogP contribution in [0.5, 0.6) is 0 Å². The number of H-pyrrole nitrogens is 1. The van der Waals surface area contributed by atoms with E-state index in [9.17, 15) is 9.59 Å². The van der Waals surface area contributed by atoms with Crippen LogP contribution in [-0.2, 0) is 12.8 Å². The largest absolute Gasteiger partial charge is 0.334 e. The van der Waals surface area contributed by atoms with Gasteiger partial charge in [-0.2, -0.15) is 0 Å². The van der Waals surface area contributed by atoms with Gasteiger partial charge >= 0.3 is 0 Å². The van der Waals surface area contributed by atoms with Gasteiger partial charge < -0.3 is 9.88 Å². The molecule has 0 saturated carbocycles. The first kappa shape index (κ1) is 16.8. The highest BCUT2D eigenvalue weighted by atomic mass is 16.2. The molecule has 1 amide bonds. The SMILES string of the molecule is O=C(c1ccc(=O)[nH]c1)N1C[C@H]2CC[C@@H]1CN(C1Cc3ccccc3C1)C2. The van der Waals surface area contributed by atoms with Crippen LogP contribution in [0.2, 0.25) is 0 Å². The molecule has 4 heterocycles. The highest BCUT2D eigenvalue weighted by molar-refractivity contribution is 5.94. The third-order valence-electron chi connectivity index (χ3n) is 6.58. The summed E-state index contributed by atoms with van der Waals surface area (Å²) in [5, 5.41) is 0. The Kier molecular flexibility index (Phi) is 4.12. The van der Waals surface area contributed by atoms with Crippen LogP contribution in [0.3, 0.4) is 0 Å². The lowest BCUT2D eigenvalue weighted by atomic mass is 9.94. The number of aromatic amines is 1. The molecule has 1 aliphatic carbocycles. The van der Waals surface area contributed by atoms with Crippen molar-refractivity contribution in [1.29, 1.82) is 0 Å². The van der Waals surface area contributed by atoms with Gasteiger partial charge in [0.05, 0.1) is 5.56 Å². The molecule has 3 fully saturated rings. The Morgan fingerprint density at radius 2 is 1.70 bits per heavy atom. The predicted molar refractivity (Wildman–Crippen MR) is 104 cm³/mol. The number of hydrogen-bond donors (Lipinski definition) is 1. The van der Waals surface area contributed by atoms with Crippen molar-refractivity contribution in [2.45, 2.75) is 37.8 Å². The summed E-state index contributed by atoms with van der Waals surface area (Å²) in [5.41, 5.74) is 3.39. The molecule has 2 bridgehead atoms. The van der Waals surface area contributed by atoms with Gasteiger partial charge in [0.2, 0.25) is 5.56 Å². The van der Waals surface area contributed by atoms with Crippen molar-refractivity contribution < 1.29 is 4.79 Å². The molecule has 4 aliphatic rings. The van der Waals surface area contributed by atoms with Gasteiger partial charge in [0.1, 0.15) is 0 Å². The molecular formula is C22H25N3O2. The molecule has 0 radical (unpaired) electrons. The van der Waals surface area contributed by atoms with Crippen LogP contribution in [0.15, 0.2) is 47.4 Å². The molecule has 2 aromatic rings. The normalized spacial score (nSPS) is 25.4. The molecule has 3 aliphatic heterocycles. The maximum Gasteiger partial charge on any atom is 0.255 e. The van der Waals surface area contributed by atoms with E-state index >= 15 is 0 Å². The van der Waals surface area contributed by atoms with Gasteiger partial charge in [-0.1, -0.05) is 24.3 Å². The number of piperidine rings is 1. The van der Waals surface area contributed by atoms with Crippen LogP contribution in [0.25, 0.3) is 0 Å². The number of aromatic nitrogens is 1. The summed E-state index contributed by atoms with van der Waals surface area (Å²) in [6, 6.07) is 12.7. The molecule has 6 rings (SSSR count). The number of hydrogen-bond acceptors (Lipinski definition) is 3. The number of nitrogens with zero attached hydrogens (tertiary/aromatic N) is 2. The second-order valence-electron chi connectivity index (χ2n) is 8.28. The van der Waals surface area contributed by atoms with Crippen molar-refractivity contribution in [3.8, 4) is 0 Å². The van der Waals surface area contributed by atoms with E-state index in [-0.39, 0.29) is 17.5 Å². The fraction of sp³-hybridized carbons (Fsp3) is 0.455. The average Bonchev–Trinajstić information content (AvgIpc) is 2.91. The Morgan fingerprint density at radius 1 is 0.926 bits per heavy atom. The molecule has 2 atom stereocenters. The molecule has 0 spiro atoms. The number of carbonyl (C=O) groups excluding carboxylic acids is 1. The minimum atomic E-state index is -0.170. The summed E-state index contributed by atoms with van der Waals surface area (Å²) in [7, 11) is 0. The molecule has 5 heteroatoms. The fourth-order valence-corrected chi connectivity index (χ4v) is 5.17. The zero-order valence-corrected chi connectivity index (χ0v) is 15.4. The Morgan fingerprint density at radius 3 is 2.41 bits per heavy atom. The van der Waals surface area contributed by atoms with Crippen LogP contribution in [-0.4, -0.2) is 52.4 Å². The summed E-state index contributed by atoms with van der Waals surface area (Å²) >= 11 is 0. The molecule has 5 nitrogen and oxygen atoms in total. The van der Waals surface area contributed by atoms with E-state index in [1.54, 1.807) is 12.3 Å². The highest BCUT2D eigenvalue weighted by Crippen LogP contribution is 2.33. The second kappa shape index (κ2) is 6.64. The van der Waals surface area contributed by atoms with Crippen molar-refractivity contribution in [3.63, 3.8) is 0 Å². The smallest absolute Gasteiger partial charge is 0.255 e. The van der Waals surface area contributed by atoms with Gasteiger partial charge in [-0.3, -0.25) is 14.5 Å². The molecule has 1 aromatic carbocycles. The van der Waals surface area contributed by atoms with E-state index in [4.69, 9.17) is 0 Å². The number of pyridine rings is 1. The summed E-state index contributed by atoms with van der Waals surface area (Å²) in [6.45, 7) is 2.88. The average molecular weight is 363 g/mol. The molecule has 1 aromatic heterocycles. The Balaban J connectivity index is 1.34. The van der Waals surface area contributed by atoms with Gasteiger partial charge in [-0.05, 0) is 48.8 Å². The first-order valence-corrected chi connectivity index (χ1v) is 9.98. The quantitative estimate of drug-likeness (QED) is 0.889. The minimum Gasteiger partial charge on any atom is -0.334 e.